The molecular formula is C21H23NO3. The fourth-order valence-electron chi connectivity index (χ4n) is 3.03. The molecule has 0 N–H and O–H groups in total. The lowest BCUT2D eigenvalue weighted by Gasteiger charge is -2.21. The summed E-state index contributed by atoms with van der Waals surface area (Å²) in [5.41, 5.74) is 3.31. The van der Waals surface area contributed by atoms with E-state index >= 15 is 0 Å². The molecular weight excluding hydrogens is 314 g/mol. The van der Waals surface area contributed by atoms with Gasteiger partial charge in [0, 0.05) is 12.5 Å². The Morgan fingerprint density at radius 3 is 2.72 bits per heavy atom. The van der Waals surface area contributed by atoms with E-state index in [9.17, 15) is 4.79 Å². The second kappa shape index (κ2) is 8.47. The summed E-state index contributed by atoms with van der Waals surface area (Å²) >= 11 is 0. The predicted molar refractivity (Wildman–Crippen MR) is 97.0 cm³/mol. The number of aromatic nitrogens is 1. The number of carbonyl (C=O) groups is 1. The van der Waals surface area contributed by atoms with Crippen LogP contribution in [0.4, 0.5) is 0 Å². The average Bonchev–Trinajstić information content (AvgIpc) is 2.68. The lowest BCUT2D eigenvalue weighted by atomic mass is 9.86. The summed E-state index contributed by atoms with van der Waals surface area (Å²) < 4.78 is 10.6. The van der Waals surface area contributed by atoms with Crippen molar-refractivity contribution >= 4 is 11.5 Å². The molecule has 0 aliphatic heterocycles. The molecule has 25 heavy (non-hydrogen) atoms. The summed E-state index contributed by atoms with van der Waals surface area (Å²) in [6.07, 6.45) is 5.49. The lowest BCUT2D eigenvalue weighted by Crippen LogP contribution is -2.12. The number of rotatable bonds is 6. The molecule has 0 radical (unpaired) electrons. The Labute approximate surface area is 148 Å². The van der Waals surface area contributed by atoms with Crippen LogP contribution in [0.1, 0.15) is 36.9 Å². The van der Waals surface area contributed by atoms with Gasteiger partial charge in [0.1, 0.15) is 6.61 Å². The van der Waals surface area contributed by atoms with E-state index in [1.165, 1.54) is 12.7 Å². The van der Waals surface area contributed by atoms with Gasteiger partial charge in [-0.15, -0.1) is 0 Å². The first-order valence-corrected chi connectivity index (χ1v) is 8.64. The molecule has 0 amide bonds. The smallest absolute Gasteiger partial charge is 0.305 e. The molecule has 2 aromatic rings. The van der Waals surface area contributed by atoms with Crippen LogP contribution in [0.2, 0.25) is 0 Å². The molecule has 3 rings (SSSR count). The van der Waals surface area contributed by atoms with E-state index < -0.39 is 0 Å². The summed E-state index contributed by atoms with van der Waals surface area (Å²) in [6.45, 7) is 0.511. The zero-order valence-electron chi connectivity index (χ0n) is 14.5. The molecule has 0 saturated carbocycles. The third-order valence-corrected chi connectivity index (χ3v) is 4.48. The van der Waals surface area contributed by atoms with Gasteiger partial charge in [-0.2, -0.15) is 0 Å². The molecule has 130 valence electrons. The van der Waals surface area contributed by atoms with Gasteiger partial charge in [0.25, 0.3) is 0 Å². The predicted octanol–water partition coefficient (Wildman–Crippen LogP) is 4.41. The Morgan fingerprint density at radius 2 is 2.00 bits per heavy atom. The van der Waals surface area contributed by atoms with Crippen LogP contribution in [0, 0.1) is 5.92 Å². The number of esters is 1. The fraction of sp³-hybridized carbons (Fsp3) is 0.333. The summed E-state index contributed by atoms with van der Waals surface area (Å²) in [6, 6.07) is 15.9. The first-order valence-electron chi connectivity index (χ1n) is 8.64. The van der Waals surface area contributed by atoms with Gasteiger partial charge < -0.3 is 9.47 Å². The maximum Gasteiger partial charge on any atom is 0.305 e. The minimum atomic E-state index is -0.128. The van der Waals surface area contributed by atoms with Gasteiger partial charge in [0.2, 0.25) is 5.88 Å². The Balaban J connectivity index is 1.61. The van der Waals surface area contributed by atoms with Gasteiger partial charge in [-0.25, -0.2) is 4.98 Å². The van der Waals surface area contributed by atoms with Crippen LogP contribution in [-0.2, 0) is 16.1 Å². The minimum Gasteiger partial charge on any atom is -0.473 e. The normalized spacial score (nSPS) is 16.8. The Morgan fingerprint density at radius 1 is 1.16 bits per heavy atom. The molecule has 1 aliphatic carbocycles. The van der Waals surface area contributed by atoms with Gasteiger partial charge >= 0.3 is 5.97 Å². The quantitative estimate of drug-likeness (QED) is 0.733. The van der Waals surface area contributed by atoms with Gasteiger partial charge in [0.15, 0.2) is 0 Å². The first-order chi connectivity index (χ1) is 12.2. The van der Waals surface area contributed by atoms with E-state index in [1.54, 1.807) is 0 Å². The summed E-state index contributed by atoms with van der Waals surface area (Å²) in [5.74, 6) is 0.879. The summed E-state index contributed by atoms with van der Waals surface area (Å²) in [7, 11) is 1.44. The van der Waals surface area contributed by atoms with Gasteiger partial charge in [-0.05, 0) is 42.4 Å². The average molecular weight is 337 g/mol. The van der Waals surface area contributed by atoms with Gasteiger partial charge in [-0.1, -0.05) is 42.5 Å². The summed E-state index contributed by atoms with van der Waals surface area (Å²) in [4.78, 5) is 16.0. The van der Waals surface area contributed by atoms with Crippen LogP contribution in [0.25, 0.3) is 5.57 Å². The highest BCUT2D eigenvalue weighted by Crippen LogP contribution is 2.31. The molecule has 1 aliphatic rings. The minimum absolute atomic E-state index is 0.128. The van der Waals surface area contributed by atoms with Gasteiger partial charge in [-0.3, -0.25) is 4.79 Å². The highest BCUT2D eigenvalue weighted by molar-refractivity contribution is 5.70. The number of benzene rings is 1. The SMILES string of the molecule is COC(=O)CC1CC=C(c2cccc(OCc3ccccc3)n2)CC1. The van der Waals surface area contributed by atoms with Crippen molar-refractivity contribution in [1.29, 1.82) is 0 Å². The number of methoxy groups -OCH3 is 1. The zero-order chi connectivity index (χ0) is 17.5. The number of hydrogen-bond donors (Lipinski definition) is 0. The molecule has 1 unspecified atom stereocenters. The molecule has 1 heterocycles. The third kappa shape index (κ3) is 4.92. The molecule has 0 spiro atoms. The molecule has 4 nitrogen and oxygen atoms in total. The van der Waals surface area contributed by atoms with Crippen molar-refractivity contribution in [3.8, 4) is 5.88 Å². The zero-order valence-corrected chi connectivity index (χ0v) is 14.5. The van der Waals surface area contributed by atoms with Crippen molar-refractivity contribution in [3.63, 3.8) is 0 Å². The van der Waals surface area contributed by atoms with E-state index in [4.69, 9.17) is 9.47 Å². The van der Waals surface area contributed by atoms with Crippen molar-refractivity contribution < 1.29 is 14.3 Å². The van der Waals surface area contributed by atoms with Crippen molar-refractivity contribution in [3.05, 3.63) is 65.9 Å². The van der Waals surface area contributed by atoms with E-state index in [0.29, 0.717) is 24.8 Å². The maximum atomic E-state index is 11.4. The molecule has 1 aromatic heterocycles. The van der Waals surface area contributed by atoms with E-state index in [-0.39, 0.29) is 5.97 Å². The number of pyridine rings is 1. The Kier molecular flexibility index (Phi) is 5.83. The number of ether oxygens (including phenoxy) is 2. The molecule has 1 atom stereocenters. The fourth-order valence-corrected chi connectivity index (χ4v) is 3.03. The van der Waals surface area contributed by atoms with Crippen LogP contribution in [-0.4, -0.2) is 18.1 Å². The van der Waals surface area contributed by atoms with Crippen molar-refractivity contribution in [1.82, 2.24) is 4.98 Å². The molecule has 0 bridgehead atoms. The van der Waals surface area contributed by atoms with Crippen LogP contribution in [0.5, 0.6) is 5.88 Å². The molecule has 1 aromatic carbocycles. The maximum absolute atomic E-state index is 11.4. The standard InChI is InChI=1S/C21H23NO3/c1-24-21(23)14-16-10-12-18(13-11-16)19-8-5-9-20(22-19)25-15-17-6-3-2-4-7-17/h2-9,12,16H,10-11,13-15H2,1H3. The van der Waals surface area contributed by atoms with Crippen molar-refractivity contribution in [2.75, 3.05) is 7.11 Å². The number of nitrogens with zero attached hydrogens (tertiary/aromatic N) is 1. The number of hydrogen-bond acceptors (Lipinski definition) is 4. The monoisotopic (exact) mass is 337 g/mol. The van der Waals surface area contributed by atoms with Crippen LogP contribution in [0.15, 0.2) is 54.6 Å². The van der Waals surface area contributed by atoms with E-state index in [2.05, 4.69) is 11.1 Å². The Hall–Kier alpha value is -2.62. The highest BCUT2D eigenvalue weighted by atomic mass is 16.5. The van der Waals surface area contributed by atoms with Crippen molar-refractivity contribution in [2.45, 2.75) is 32.3 Å². The topological polar surface area (TPSA) is 48.4 Å². The largest absolute Gasteiger partial charge is 0.473 e. The number of carbonyl (C=O) groups excluding carboxylic acids is 1. The number of allylic oxidation sites excluding steroid dienone is 2. The van der Waals surface area contributed by atoms with Crippen molar-refractivity contribution in [2.24, 2.45) is 5.92 Å². The van der Waals surface area contributed by atoms with Gasteiger partial charge in [0.05, 0.1) is 12.8 Å². The first kappa shape index (κ1) is 17.2. The van der Waals surface area contributed by atoms with Crippen LogP contribution < -0.4 is 4.74 Å². The lowest BCUT2D eigenvalue weighted by molar-refractivity contribution is -0.141. The summed E-state index contributed by atoms with van der Waals surface area (Å²) in [5, 5.41) is 0. The second-order valence-electron chi connectivity index (χ2n) is 6.29. The second-order valence-corrected chi connectivity index (χ2v) is 6.29. The molecule has 4 heteroatoms. The van der Waals surface area contributed by atoms with Crippen LogP contribution in [0.3, 0.4) is 0 Å². The third-order valence-electron chi connectivity index (χ3n) is 4.48. The Bertz CT molecular complexity index is 740. The highest BCUT2D eigenvalue weighted by Gasteiger charge is 2.19. The van der Waals surface area contributed by atoms with Crippen LogP contribution >= 0.6 is 0 Å². The molecule has 0 fully saturated rings. The van der Waals surface area contributed by atoms with E-state index in [1.807, 2.05) is 48.5 Å². The van der Waals surface area contributed by atoms with E-state index in [0.717, 1.165) is 30.5 Å². The molecule has 0 saturated heterocycles.